The van der Waals surface area contributed by atoms with E-state index in [-0.39, 0.29) is 5.91 Å². The van der Waals surface area contributed by atoms with Gasteiger partial charge in [0.2, 0.25) is 0 Å². The average molecular weight is 327 g/mol. The smallest absolute Gasteiger partial charge is 0.274 e. The Bertz CT molecular complexity index is 872. The molecule has 0 unspecified atom stereocenters. The van der Waals surface area contributed by atoms with E-state index in [0.29, 0.717) is 35.8 Å². The number of imidazole rings is 1. The molecule has 0 aliphatic carbocycles. The summed E-state index contributed by atoms with van der Waals surface area (Å²) in [7, 11) is 0. The predicted molar refractivity (Wildman–Crippen MR) is 90.1 cm³/mol. The van der Waals surface area contributed by atoms with Gasteiger partial charge in [0.1, 0.15) is 22.9 Å². The first kappa shape index (κ1) is 16.0. The number of hydrogen-bond acceptors (Lipinski definition) is 3. The molecule has 0 saturated carbocycles. The van der Waals surface area contributed by atoms with Gasteiger partial charge >= 0.3 is 0 Å². The summed E-state index contributed by atoms with van der Waals surface area (Å²) in [5.74, 6) is -0.00611. The third-order valence-corrected chi connectivity index (χ3v) is 3.63. The van der Waals surface area contributed by atoms with Gasteiger partial charge in [0.25, 0.3) is 5.91 Å². The van der Waals surface area contributed by atoms with Crippen LogP contribution in [0.2, 0.25) is 0 Å². The number of nitrogens with one attached hydrogen (secondary N) is 1. The number of ether oxygens (including phenoxy) is 1. The molecule has 3 rings (SSSR count). The molecule has 0 fully saturated rings. The van der Waals surface area contributed by atoms with Crippen molar-refractivity contribution in [1.29, 1.82) is 0 Å². The first-order valence-electron chi connectivity index (χ1n) is 7.83. The van der Waals surface area contributed by atoms with Crippen molar-refractivity contribution in [1.82, 2.24) is 9.38 Å². The first-order chi connectivity index (χ1) is 11.6. The summed E-state index contributed by atoms with van der Waals surface area (Å²) in [6.07, 6.45) is 1.85. The van der Waals surface area contributed by atoms with Gasteiger partial charge in [-0.15, -0.1) is 0 Å². The normalized spacial score (nSPS) is 10.8. The van der Waals surface area contributed by atoms with E-state index in [1.54, 1.807) is 30.3 Å². The van der Waals surface area contributed by atoms with E-state index >= 15 is 0 Å². The third-order valence-electron chi connectivity index (χ3n) is 3.63. The Labute approximate surface area is 139 Å². The molecule has 0 aliphatic heterocycles. The lowest BCUT2D eigenvalue weighted by Crippen LogP contribution is -2.16. The number of benzene rings is 1. The van der Waals surface area contributed by atoms with Gasteiger partial charge in [0, 0.05) is 11.9 Å². The second-order valence-corrected chi connectivity index (χ2v) is 5.25. The summed E-state index contributed by atoms with van der Waals surface area (Å²) in [5.41, 5.74) is 2.16. The maximum atomic E-state index is 13.5. The van der Waals surface area contributed by atoms with E-state index in [4.69, 9.17) is 4.74 Å². The van der Waals surface area contributed by atoms with Crippen molar-refractivity contribution in [3.05, 3.63) is 59.8 Å². The van der Waals surface area contributed by atoms with Crippen molar-refractivity contribution in [2.24, 2.45) is 0 Å². The Hall–Kier alpha value is -2.89. The highest BCUT2D eigenvalue weighted by atomic mass is 19.1. The molecule has 6 heteroatoms. The Morgan fingerprint density at radius 3 is 2.62 bits per heavy atom. The monoisotopic (exact) mass is 327 g/mol. The van der Waals surface area contributed by atoms with Crippen LogP contribution in [0, 0.1) is 5.82 Å². The van der Waals surface area contributed by atoms with E-state index in [2.05, 4.69) is 10.3 Å². The van der Waals surface area contributed by atoms with Crippen molar-refractivity contribution in [3.63, 3.8) is 0 Å². The van der Waals surface area contributed by atoms with Gasteiger partial charge in [0.15, 0.2) is 0 Å². The summed E-state index contributed by atoms with van der Waals surface area (Å²) in [4.78, 5) is 17.1. The molecule has 2 heterocycles. The van der Waals surface area contributed by atoms with E-state index in [9.17, 15) is 9.18 Å². The lowest BCUT2D eigenvalue weighted by molar-refractivity contribution is 0.102. The van der Waals surface area contributed by atoms with Gasteiger partial charge in [-0.25, -0.2) is 9.37 Å². The number of anilines is 1. The minimum atomic E-state index is -0.419. The number of rotatable bonds is 5. The van der Waals surface area contributed by atoms with Crippen LogP contribution in [-0.2, 0) is 6.42 Å². The largest absolute Gasteiger partial charge is 0.494 e. The topological polar surface area (TPSA) is 55.6 Å². The first-order valence-corrected chi connectivity index (χ1v) is 7.83. The lowest BCUT2D eigenvalue weighted by atomic mass is 10.2. The van der Waals surface area contributed by atoms with Crippen molar-refractivity contribution in [2.45, 2.75) is 20.3 Å². The highest BCUT2D eigenvalue weighted by Gasteiger charge is 2.18. The van der Waals surface area contributed by atoms with E-state index in [0.717, 1.165) is 5.75 Å². The zero-order valence-corrected chi connectivity index (χ0v) is 13.5. The third kappa shape index (κ3) is 3.08. The second-order valence-electron chi connectivity index (χ2n) is 5.25. The number of halogens is 1. The van der Waals surface area contributed by atoms with Crippen LogP contribution in [0.4, 0.5) is 10.1 Å². The molecule has 0 spiro atoms. The van der Waals surface area contributed by atoms with Gasteiger partial charge in [-0.3, -0.25) is 9.20 Å². The summed E-state index contributed by atoms with van der Waals surface area (Å²) in [6.45, 7) is 4.40. The van der Waals surface area contributed by atoms with Gasteiger partial charge in [-0.05, 0) is 49.7 Å². The van der Waals surface area contributed by atoms with Gasteiger partial charge < -0.3 is 10.1 Å². The highest BCUT2D eigenvalue weighted by Crippen LogP contribution is 2.19. The van der Waals surface area contributed by atoms with Crippen LogP contribution in [0.25, 0.3) is 5.65 Å². The number of hydrogen-bond donors (Lipinski definition) is 1. The summed E-state index contributed by atoms with van der Waals surface area (Å²) >= 11 is 0. The van der Waals surface area contributed by atoms with Crippen LogP contribution in [0.1, 0.15) is 30.0 Å². The molecular formula is C18H18FN3O2. The Morgan fingerprint density at radius 2 is 1.96 bits per heavy atom. The maximum absolute atomic E-state index is 13.5. The zero-order chi connectivity index (χ0) is 17.1. The number of carbonyl (C=O) groups excluding carboxylic acids is 1. The Kier molecular flexibility index (Phi) is 4.46. The molecular weight excluding hydrogens is 309 g/mol. The van der Waals surface area contributed by atoms with Gasteiger partial charge in [0.05, 0.1) is 12.3 Å². The number of nitrogens with zero attached hydrogens (tertiary/aromatic N) is 2. The van der Waals surface area contributed by atoms with Crippen molar-refractivity contribution < 1.29 is 13.9 Å². The molecule has 0 saturated heterocycles. The number of carbonyl (C=O) groups is 1. The Balaban J connectivity index is 1.91. The minimum Gasteiger partial charge on any atom is -0.494 e. The second kappa shape index (κ2) is 6.70. The van der Waals surface area contributed by atoms with Crippen molar-refractivity contribution >= 4 is 17.2 Å². The standard InChI is InChI=1S/C18H18FN3O2/c1-3-15-17(22-11-12(19)5-10-16(22)21-15)18(23)20-13-6-8-14(9-7-13)24-4-2/h5-11H,3-4H2,1-2H3,(H,20,23). The number of fused-ring (bicyclic) bond motifs is 1. The molecule has 5 nitrogen and oxygen atoms in total. The number of aryl methyl sites for hydroxylation is 1. The molecule has 0 aliphatic rings. The fraction of sp³-hybridized carbons (Fsp3) is 0.222. The number of amides is 1. The highest BCUT2D eigenvalue weighted by molar-refractivity contribution is 6.04. The molecule has 0 radical (unpaired) electrons. The van der Waals surface area contributed by atoms with Gasteiger partial charge in [-0.2, -0.15) is 0 Å². The van der Waals surface area contributed by atoms with E-state index < -0.39 is 5.82 Å². The molecule has 1 aromatic carbocycles. The molecule has 124 valence electrons. The van der Waals surface area contributed by atoms with Gasteiger partial charge in [-0.1, -0.05) is 6.92 Å². The van der Waals surface area contributed by atoms with Crippen LogP contribution in [-0.4, -0.2) is 21.9 Å². The predicted octanol–water partition coefficient (Wildman–Crippen LogP) is 3.69. The fourth-order valence-electron chi connectivity index (χ4n) is 2.55. The minimum absolute atomic E-state index is 0.325. The molecule has 1 N–H and O–H groups in total. The SMILES string of the molecule is CCOc1ccc(NC(=O)c2c(CC)nc3ccc(F)cn23)cc1. The molecule has 0 bridgehead atoms. The average Bonchev–Trinajstić information content (AvgIpc) is 2.94. The van der Waals surface area contributed by atoms with Crippen LogP contribution in [0.5, 0.6) is 5.75 Å². The van der Waals surface area contributed by atoms with Crippen LogP contribution in [0.3, 0.4) is 0 Å². The Morgan fingerprint density at radius 1 is 1.21 bits per heavy atom. The molecule has 24 heavy (non-hydrogen) atoms. The summed E-state index contributed by atoms with van der Waals surface area (Å²) in [5, 5.41) is 2.82. The molecule has 3 aromatic rings. The summed E-state index contributed by atoms with van der Waals surface area (Å²) < 4.78 is 20.4. The van der Waals surface area contributed by atoms with Crippen molar-refractivity contribution in [3.8, 4) is 5.75 Å². The molecule has 1 amide bonds. The molecule has 0 atom stereocenters. The number of pyridine rings is 1. The quantitative estimate of drug-likeness (QED) is 0.777. The van der Waals surface area contributed by atoms with Crippen LogP contribution >= 0.6 is 0 Å². The van der Waals surface area contributed by atoms with Crippen molar-refractivity contribution in [2.75, 3.05) is 11.9 Å². The fourth-order valence-corrected chi connectivity index (χ4v) is 2.55. The molecule has 2 aromatic heterocycles. The summed E-state index contributed by atoms with van der Waals surface area (Å²) in [6, 6.07) is 9.98. The van der Waals surface area contributed by atoms with E-state index in [1.807, 2.05) is 13.8 Å². The zero-order valence-electron chi connectivity index (χ0n) is 13.5. The number of aromatic nitrogens is 2. The lowest BCUT2D eigenvalue weighted by Gasteiger charge is -2.08. The van der Waals surface area contributed by atoms with Crippen LogP contribution < -0.4 is 10.1 Å². The van der Waals surface area contributed by atoms with Crippen LogP contribution in [0.15, 0.2) is 42.6 Å². The van der Waals surface area contributed by atoms with E-state index in [1.165, 1.54) is 16.7 Å². The maximum Gasteiger partial charge on any atom is 0.274 e.